The van der Waals surface area contributed by atoms with E-state index in [9.17, 15) is 9.59 Å². The van der Waals surface area contributed by atoms with Crippen molar-refractivity contribution in [1.82, 2.24) is 15.5 Å². The first-order chi connectivity index (χ1) is 10.0. The molecule has 7 heteroatoms. The fraction of sp³-hybridized carbons (Fsp3) is 0.714. The van der Waals surface area contributed by atoms with Gasteiger partial charge in [-0.15, -0.1) is 0 Å². The van der Waals surface area contributed by atoms with E-state index in [1.807, 2.05) is 0 Å². The molecule has 0 aromatic carbocycles. The minimum atomic E-state index is -0.848. The van der Waals surface area contributed by atoms with E-state index in [1.165, 1.54) is 0 Å². The van der Waals surface area contributed by atoms with Crippen LogP contribution in [0.4, 0.5) is 0 Å². The van der Waals surface area contributed by atoms with Crippen LogP contribution in [0.2, 0.25) is 0 Å². The number of aromatic nitrogens is 2. The van der Waals surface area contributed by atoms with Gasteiger partial charge in [-0.25, -0.2) is 0 Å². The van der Waals surface area contributed by atoms with Gasteiger partial charge in [-0.05, 0) is 25.2 Å². The molecule has 21 heavy (non-hydrogen) atoms. The first kappa shape index (κ1) is 15.5. The molecule has 7 nitrogen and oxygen atoms in total. The summed E-state index contributed by atoms with van der Waals surface area (Å²) in [4.78, 5) is 26.4. The molecular weight excluding hydrogens is 274 g/mol. The molecule has 0 saturated heterocycles. The summed E-state index contributed by atoms with van der Waals surface area (Å²) in [5.74, 6) is 0.861. The molecule has 1 heterocycles. The number of hydrogen-bond acceptors (Lipinski definition) is 5. The monoisotopic (exact) mass is 295 g/mol. The Hall–Kier alpha value is -1.92. The summed E-state index contributed by atoms with van der Waals surface area (Å²) in [6.07, 6.45) is 3.95. The summed E-state index contributed by atoms with van der Waals surface area (Å²) in [7, 11) is 0. The molecule has 1 atom stereocenters. The number of rotatable bonds is 9. The van der Waals surface area contributed by atoms with Crippen molar-refractivity contribution in [3.63, 3.8) is 0 Å². The Morgan fingerprint density at radius 2 is 2.24 bits per heavy atom. The molecule has 1 aliphatic rings. The van der Waals surface area contributed by atoms with E-state index in [0.717, 1.165) is 18.7 Å². The second-order valence-electron chi connectivity index (χ2n) is 5.68. The highest BCUT2D eigenvalue weighted by atomic mass is 16.5. The molecule has 0 radical (unpaired) electrons. The summed E-state index contributed by atoms with van der Waals surface area (Å²) < 4.78 is 5.13. The Labute approximate surface area is 123 Å². The molecule has 1 amide bonds. The van der Waals surface area contributed by atoms with Crippen LogP contribution in [0.15, 0.2) is 4.52 Å². The minimum absolute atomic E-state index is 0.0617. The van der Waals surface area contributed by atoms with E-state index in [4.69, 9.17) is 9.63 Å². The van der Waals surface area contributed by atoms with Gasteiger partial charge in [0.25, 0.3) is 0 Å². The van der Waals surface area contributed by atoms with Crippen molar-refractivity contribution in [2.45, 2.75) is 51.4 Å². The molecule has 1 aromatic rings. The lowest BCUT2D eigenvalue weighted by molar-refractivity contribution is -0.138. The second-order valence-corrected chi connectivity index (χ2v) is 5.68. The summed E-state index contributed by atoms with van der Waals surface area (Å²) in [5.41, 5.74) is 0. The van der Waals surface area contributed by atoms with Gasteiger partial charge in [0.05, 0.1) is 0 Å². The van der Waals surface area contributed by atoms with Crippen LogP contribution in [0.1, 0.15) is 56.7 Å². The number of carbonyl (C=O) groups is 2. The Morgan fingerprint density at radius 1 is 1.48 bits per heavy atom. The predicted octanol–water partition coefficient (Wildman–Crippen LogP) is 1.50. The SMILES string of the molecule is CC(CNC(=O)CCCc1nc(C2CC2)no1)CC(=O)O. The zero-order chi connectivity index (χ0) is 15.2. The molecule has 0 aliphatic heterocycles. The van der Waals surface area contributed by atoms with Gasteiger partial charge in [-0.1, -0.05) is 12.1 Å². The van der Waals surface area contributed by atoms with Crippen molar-refractivity contribution in [3.05, 3.63) is 11.7 Å². The van der Waals surface area contributed by atoms with Gasteiger partial charge in [-0.2, -0.15) is 4.98 Å². The van der Waals surface area contributed by atoms with Crippen molar-refractivity contribution >= 4 is 11.9 Å². The fourth-order valence-electron chi connectivity index (χ4n) is 2.02. The van der Waals surface area contributed by atoms with Crippen LogP contribution < -0.4 is 5.32 Å². The third-order valence-corrected chi connectivity index (χ3v) is 3.39. The summed E-state index contributed by atoms with van der Waals surface area (Å²) in [5, 5.41) is 15.3. The van der Waals surface area contributed by atoms with E-state index in [2.05, 4.69) is 15.5 Å². The van der Waals surface area contributed by atoms with Crippen LogP contribution in [-0.2, 0) is 16.0 Å². The molecular formula is C14H21N3O4. The summed E-state index contributed by atoms with van der Waals surface area (Å²) in [6, 6.07) is 0. The van der Waals surface area contributed by atoms with Crippen LogP contribution in [0.25, 0.3) is 0 Å². The average Bonchev–Trinajstić information content (AvgIpc) is 3.16. The zero-order valence-corrected chi connectivity index (χ0v) is 12.2. The number of amides is 1. The number of hydrogen-bond donors (Lipinski definition) is 2. The standard InChI is InChI=1S/C14H21N3O4/c1-9(7-13(19)20)8-15-11(18)3-2-4-12-16-14(17-21-12)10-5-6-10/h9-10H,2-8H2,1H3,(H,15,18)(H,19,20). The van der Waals surface area contributed by atoms with Gasteiger partial charge in [-0.3, -0.25) is 9.59 Å². The molecule has 1 aromatic heterocycles. The highest BCUT2D eigenvalue weighted by Crippen LogP contribution is 2.38. The van der Waals surface area contributed by atoms with E-state index in [-0.39, 0.29) is 18.2 Å². The third kappa shape index (κ3) is 5.53. The number of aliphatic carboxylic acids is 1. The molecule has 1 unspecified atom stereocenters. The molecule has 2 rings (SSSR count). The zero-order valence-electron chi connectivity index (χ0n) is 12.2. The molecule has 1 aliphatic carbocycles. The van der Waals surface area contributed by atoms with E-state index in [0.29, 0.717) is 37.6 Å². The molecule has 0 bridgehead atoms. The summed E-state index contributed by atoms with van der Waals surface area (Å²) in [6.45, 7) is 2.18. The average molecular weight is 295 g/mol. The molecule has 1 saturated carbocycles. The first-order valence-corrected chi connectivity index (χ1v) is 7.35. The lowest BCUT2D eigenvalue weighted by atomic mass is 10.1. The van der Waals surface area contributed by atoms with Gasteiger partial charge in [0, 0.05) is 31.7 Å². The molecule has 0 spiro atoms. The largest absolute Gasteiger partial charge is 0.481 e. The normalized spacial score (nSPS) is 15.7. The van der Waals surface area contributed by atoms with E-state index in [1.54, 1.807) is 6.92 Å². The van der Waals surface area contributed by atoms with Gasteiger partial charge in [0.2, 0.25) is 11.8 Å². The third-order valence-electron chi connectivity index (χ3n) is 3.39. The van der Waals surface area contributed by atoms with Crippen LogP contribution in [0, 0.1) is 5.92 Å². The van der Waals surface area contributed by atoms with Crippen LogP contribution in [0.5, 0.6) is 0 Å². The number of aryl methyl sites for hydroxylation is 1. The fourth-order valence-corrected chi connectivity index (χ4v) is 2.02. The maximum atomic E-state index is 11.6. The first-order valence-electron chi connectivity index (χ1n) is 7.35. The Balaban J connectivity index is 1.58. The highest BCUT2D eigenvalue weighted by Gasteiger charge is 2.28. The molecule has 1 fully saturated rings. The van der Waals surface area contributed by atoms with Crippen LogP contribution in [0.3, 0.4) is 0 Å². The molecule has 2 N–H and O–H groups in total. The lowest BCUT2D eigenvalue weighted by Crippen LogP contribution is -2.29. The second kappa shape index (κ2) is 7.19. The lowest BCUT2D eigenvalue weighted by Gasteiger charge is -2.09. The van der Waals surface area contributed by atoms with Crippen LogP contribution in [-0.4, -0.2) is 33.7 Å². The number of nitrogens with one attached hydrogen (secondary N) is 1. The van der Waals surface area contributed by atoms with Crippen molar-refractivity contribution in [1.29, 1.82) is 0 Å². The Kier molecular flexibility index (Phi) is 5.30. The van der Waals surface area contributed by atoms with Gasteiger partial charge in [0.15, 0.2) is 5.82 Å². The Morgan fingerprint density at radius 3 is 2.90 bits per heavy atom. The smallest absolute Gasteiger partial charge is 0.303 e. The van der Waals surface area contributed by atoms with Crippen molar-refractivity contribution in [3.8, 4) is 0 Å². The Bertz CT molecular complexity index is 496. The maximum Gasteiger partial charge on any atom is 0.303 e. The number of carboxylic acid groups (broad SMARTS) is 1. The number of carbonyl (C=O) groups excluding carboxylic acids is 1. The quantitative estimate of drug-likeness (QED) is 0.715. The van der Waals surface area contributed by atoms with Gasteiger partial charge in [0.1, 0.15) is 0 Å². The minimum Gasteiger partial charge on any atom is -0.481 e. The predicted molar refractivity (Wildman–Crippen MR) is 73.6 cm³/mol. The maximum absolute atomic E-state index is 11.6. The van der Waals surface area contributed by atoms with E-state index >= 15 is 0 Å². The van der Waals surface area contributed by atoms with Gasteiger partial charge < -0.3 is 14.9 Å². The van der Waals surface area contributed by atoms with Gasteiger partial charge >= 0.3 is 5.97 Å². The van der Waals surface area contributed by atoms with Crippen LogP contribution >= 0.6 is 0 Å². The highest BCUT2D eigenvalue weighted by molar-refractivity contribution is 5.75. The topological polar surface area (TPSA) is 105 Å². The van der Waals surface area contributed by atoms with Crippen molar-refractivity contribution in [2.75, 3.05) is 6.54 Å². The molecule has 116 valence electrons. The van der Waals surface area contributed by atoms with Crippen molar-refractivity contribution < 1.29 is 19.2 Å². The number of carboxylic acids is 1. The van der Waals surface area contributed by atoms with E-state index < -0.39 is 5.97 Å². The number of nitrogens with zero attached hydrogens (tertiary/aromatic N) is 2. The van der Waals surface area contributed by atoms with Crippen molar-refractivity contribution in [2.24, 2.45) is 5.92 Å². The summed E-state index contributed by atoms with van der Waals surface area (Å²) >= 11 is 0.